The van der Waals surface area contributed by atoms with E-state index >= 15 is 0 Å². The molecule has 1 aromatic rings. The SMILES string of the molecule is Cc1cc(C)c(NC(=O)CSCC2CNC2)c(Cl)c1. The van der Waals surface area contributed by atoms with Gasteiger partial charge in [0.1, 0.15) is 0 Å². The predicted octanol–water partition coefficient (Wildman–Crippen LogP) is 2.85. The van der Waals surface area contributed by atoms with Gasteiger partial charge in [0.2, 0.25) is 5.91 Å². The fourth-order valence-electron chi connectivity index (χ4n) is 2.03. The number of rotatable bonds is 5. The first-order valence-electron chi connectivity index (χ1n) is 6.41. The van der Waals surface area contributed by atoms with Crippen LogP contribution in [0, 0.1) is 19.8 Å². The number of thioether (sulfide) groups is 1. The molecule has 5 heteroatoms. The van der Waals surface area contributed by atoms with Crippen molar-refractivity contribution in [1.82, 2.24) is 5.32 Å². The monoisotopic (exact) mass is 298 g/mol. The lowest BCUT2D eigenvalue weighted by molar-refractivity contribution is -0.113. The fraction of sp³-hybridized carbons (Fsp3) is 0.500. The first-order chi connectivity index (χ1) is 9.06. The van der Waals surface area contributed by atoms with Gasteiger partial charge in [-0.3, -0.25) is 4.79 Å². The number of carbonyl (C=O) groups is 1. The molecule has 0 radical (unpaired) electrons. The van der Waals surface area contributed by atoms with Gasteiger partial charge in [-0.25, -0.2) is 0 Å². The van der Waals surface area contributed by atoms with Gasteiger partial charge in [-0.1, -0.05) is 17.7 Å². The number of hydrogen-bond acceptors (Lipinski definition) is 3. The van der Waals surface area contributed by atoms with Gasteiger partial charge in [0, 0.05) is 0 Å². The summed E-state index contributed by atoms with van der Waals surface area (Å²) >= 11 is 7.85. The standard InChI is InChI=1S/C14H19ClN2OS/c1-9-3-10(2)14(12(15)4-9)17-13(18)8-19-7-11-5-16-6-11/h3-4,11,16H,5-8H2,1-2H3,(H,17,18). The molecule has 104 valence electrons. The number of carbonyl (C=O) groups excluding carboxylic acids is 1. The summed E-state index contributed by atoms with van der Waals surface area (Å²) in [6.07, 6.45) is 0. The van der Waals surface area contributed by atoms with Crippen LogP contribution in [0.2, 0.25) is 5.02 Å². The average molecular weight is 299 g/mol. The maximum Gasteiger partial charge on any atom is 0.234 e. The third kappa shape index (κ3) is 4.13. The van der Waals surface area contributed by atoms with Gasteiger partial charge in [0.25, 0.3) is 0 Å². The van der Waals surface area contributed by atoms with Crippen LogP contribution in [0.4, 0.5) is 5.69 Å². The van der Waals surface area contributed by atoms with Gasteiger partial charge >= 0.3 is 0 Å². The molecular formula is C14H19ClN2OS. The van der Waals surface area contributed by atoms with E-state index in [9.17, 15) is 4.79 Å². The van der Waals surface area contributed by atoms with Crippen LogP contribution >= 0.6 is 23.4 Å². The summed E-state index contributed by atoms with van der Waals surface area (Å²) in [6.45, 7) is 6.11. The normalized spacial score (nSPS) is 15.1. The van der Waals surface area contributed by atoms with Crippen LogP contribution in [0.15, 0.2) is 12.1 Å². The Labute approximate surface area is 123 Å². The van der Waals surface area contributed by atoms with Gasteiger partial charge in [-0.2, -0.15) is 11.8 Å². The average Bonchev–Trinajstić information content (AvgIpc) is 2.27. The summed E-state index contributed by atoms with van der Waals surface area (Å²) in [5, 5.41) is 6.75. The molecule has 0 spiro atoms. The zero-order valence-electron chi connectivity index (χ0n) is 11.3. The predicted molar refractivity (Wildman–Crippen MR) is 83.2 cm³/mol. The van der Waals surface area contributed by atoms with Crippen LogP contribution in [-0.2, 0) is 4.79 Å². The minimum Gasteiger partial charge on any atom is -0.324 e. The van der Waals surface area contributed by atoms with E-state index in [4.69, 9.17) is 11.6 Å². The fourth-order valence-corrected chi connectivity index (χ4v) is 3.35. The van der Waals surface area contributed by atoms with Crippen LogP contribution in [0.5, 0.6) is 0 Å². The molecule has 1 aromatic carbocycles. The first kappa shape index (κ1) is 14.7. The minimum atomic E-state index is 0.0196. The van der Waals surface area contributed by atoms with Crippen molar-refractivity contribution in [3.8, 4) is 0 Å². The molecule has 1 fully saturated rings. The van der Waals surface area contributed by atoms with Crippen molar-refractivity contribution in [2.24, 2.45) is 5.92 Å². The number of benzene rings is 1. The summed E-state index contributed by atoms with van der Waals surface area (Å²) in [5.41, 5.74) is 2.85. The van der Waals surface area contributed by atoms with E-state index in [1.807, 2.05) is 26.0 Å². The molecule has 1 aliphatic rings. The molecule has 1 heterocycles. The highest BCUT2D eigenvalue weighted by Gasteiger charge is 2.17. The van der Waals surface area contributed by atoms with Crippen molar-refractivity contribution in [3.63, 3.8) is 0 Å². The molecular weight excluding hydrogens is 280 g/mol. The second kappa shape index (κ2) is 6.64. The van der Waals surface area contributed by atoms with Crippen molar-refractivity contribution in [2.45, 2.75) is 13.8 Å². The summed E-state index contributed by atoms with van der Waals surface area (Å²) in [7, 11) is 0. The molecule has 3 nitrogen and oxygen atoms in total. The number of halogens is 1. The van der Waals surface area contributed by atoms with E-state index in [0.29, 0.717) is 10.8 Å². The second-order valence-corrected chi connectivity index (χ2v) is 6.46. The minimum absolute atomic E-state index is 0.0196. The van der Waals surface area contributed by atoms with Gasteiger partial charge in [0.05, 0.1) is 16.5 Å². The van der Waals surface area contributed by atoms with E-state index in [0.717, 1.165) is 41.6 Å². The summed E-state index contributed by atoms with van der Waals surface area (Å²) < 4.78 is 0. The van der Waals surface area contributed by atoms with Crippen molar-refractivity contribution < 1.29 is 4.79 Å². The van der Waals surface area contributed by atoms with Crippen LogP contribution in [0.1, 0.15) is 11.1 Å². The van der Waals surface area contributed by atoms with Gasteiger partial charge in [-0.15, -0.1) is 0 Å². The van der Waals surface area contributed by atoms with Crippen molar-refractivity contribution >= 4 is 35.0 Å². The quantitative estimate of drug-likeness (QED) is 0.878. The number of nitrogens with one attached hydrogen (secondary N) is 2. The van der Waals surface area contributed by atoms with Crippen LogP contribution in [-0.4, -0.2) is 30.5 Å². The van der Waals surface area contributed by atoms with Gasteiger partial charge in [-0.05, 0) is 55.8 Å². The Morgan fingerprint density at radius 2 is 2.21 bits per heavy atom. The van der Waals surface area contributed by atoms with Crippen molar-refractivity contribution in [2.75, 3.05) is 29.9 Å². The smallest absolute Gasteiger partial charge is 0.234 e. The van der Waals surface area contributed by atoms with Crippen LogP contribution < -0.4 is 10.6 Å². The van der Waals surface area contributed by atoms with Gasteiger partial charge in [0.15, 0.2) is 0 Å². The van der Waals surface area contributed by atoms with Gasteiger partial charge < -0.3 is 10.6 Å². The molecule has 0 saturated carbocycles. The Morgan fingerprint density at radius 1 is 1.47 bits per heavy atom. The molecule has 0 atom stereocenters. The number of hydrogen-bond donors (Lipinski definition) is 2. The highest BCUT2D eigenvalue weighted by Crippen LogP contribution is 2.27. The van der Waals surface area contributed by atoms with Crippen molar-refractivity contribution in [1.29, 1.82) is 0 Å². The third-order valence-electron chi connectivity index (χ3n) is 3.15. The summed E-state index contributed by atoms with van der Waals surface area (Å²) in [5.74, 6) is 2.27. The Balaban J connectivity index is 1.84. The maximum absolute atomic E-state index is 11.9. The summed E-state index contributed by atoms with van der Waals surface area (Å²) in [6, 6.07) is 3.89. The topological polar surface area (TPSA) is 41.1 Å². The van der Waals surface area contributed by atoms with E-state index < -0.39 is 0 Å². The Hall–Kier alpha value is -0.710. The molecule has 2 rings (SSSR count). The van der Waals surface area contributed by atoms with Crippen LogP contribution in [0.25, 0.3) is 0 Å². The first-order valence-corrected chi connectivity index (χ1v) is 7.94. The highest BCUT2D eigenvalue weighted by molar-refractivity contribution is 7.99. The Morgan fingerprint density at radius 3 is 2.79 bits per heavy atom. The lowest BCUT2D eigenvalue weighted by Gasteiger charge is -2.26. The molecule has 19 heavy (non-hydrogen) atoms. The lowest BCUT2D eigenvalue weighted by atomic mass is 10.1. The van der Waals surface area contributed by atoms with E-state index in [1.54, 1.807) is 11.8 Å². The second-order valence-electron chi connectivity index (χ2n) is 5.03. The Kier molecular flexibility index (Phi) is 5.13. The molecule has 0 bridgehead atoms. The number of aryl methyl sites for hydroxylation is 2. The molecule has 1 saturated heterocycles. The molecule has 1 aliphatic heterocycles. The van der Waals surface area contributed by atoms with Crippen molar-refractivity contribution in [3.05, 3.63) is 28.3 Å². The molecule has 0 unspecified atom stereocenters. The number of anilines is 1. The molecule has 0 aromatic heterocycles. The highest BCUT2D eigenvalue weighted by atomic mass is 35.5. The molecule has 0 aliphatic carbocycles. The zero-order chi connectivity index (χ0) is 13.8. The van der Waals surface area contributed by atoms with E-state index in [1.165, 1.54) is 0 Å². The van der Waals surface area contributed by atoms with E-state index in [2.05, 4.69) is 10.6 Å². The maximum atomic E-state index is 11.9. The molecule has 2 N–H and O–H groups in total. The Bertz CT molecular complexity index is 452. The largest absolute Gasteiger partial charge is 0.324 e. The lowest BCUT2D eigenvalue weighted by Crippen LogP contribution is -2.43. The zero-order valence-corrected chi connectivity index (χ0v) is 12.8. The van der Waals surface area contributed by atoms with Crippen LogP contribution in [0.3, 0.4) is 0 Å². The third-order valence-corrected chi connectivity index (χ3v) is 4.62. The number of amides is 1. The summed E-state index contributed by atoms with van der Waals surface area (Å²) in [4.78, 5) is 11.9. The molecule has 1 amide bonds. The van der Waals surface area contributed by atoms with E-state index in [-0.39, 0.29) is 5.91 Å².